The van der Waals surface area contributed by atoms with Crippen LogP contribution in [0.5, 0.6) is 0 Å². The largest absolute Gasteiger partial charge is 0.416 e. The minimum absolute atomic E-state index is 0.0511. The Bertz CT molecular complexity index is 910. The number of nitrogens with one attached hydrogen (secondary N) is 2. The van der Waals surface area contributed by atoms with Gasteiger partial charge in [0.25, 0.3) is 0 Å². The highest BCUT2D eigenvalue weighted by Gasteiger charge is 2.30. The fourth-order valence-corrected chi connectivity index (χ4v) is 3.96. The Kier molecular flexibility index (Phi) is 7.01. The molecular weight excluding hydrogens is 419 g/mol. The lowest BCUT2D eigenvalue weighted by atomic mass is 10.2. The zero-order chi connectivity index (χ0) is 21.7. The third kappa shape index (κ3) is 5.97. The van der Waals surface area contributed by atoms with E-state index in [0.717, 1.165) is 37.8 Å². The van der Waals surface area contributed by atoms with Gasteiger partial charge in [0.1, 0.15) is 5.82 Å². The minimum atomic E-state index is -4.49. The van der Waals surface area contributed by atoms with Crippen molar-refractivity contribution >= 4 is 29.3 Å². The lowest BCUT2D eigenvalue weighted by molar-refractivity contribution is -0.137. The number of thioether (sulfide) groups is 1. The van der Waals surface area contributed by atoms with Gasteiger partial charge in [-0.3, -0.25) is 9.59 Å². The zero-order valence-corrected chi connectivity index (χ0v) is 17.1. The molecule has 0 unspecified atom stereocenters. The van der Waals surface area contributed by atoms with Crippen molar-refractivity contribution in [1.29, 1.82) is 0 Å². The summed E-state index contributed by atoms with van der Waals surface area (Å²) in [6, 6.07) is 4.66. The van der Waals surface area contributed by atoms with E-state index in [1.807, 2.05) is 0 Å². The van der Waals surface area contributed by atoms with Gasteiger partial charge in [0.05, 0.1) is 17.7 Å². The molecule has 0 aliphatic heterocycles. The van der Waals surface area contributed by atoms with Gasteiger partial charge in [-0.1, -0.05) is 30.7 Å². The van der Waals surface area contributed by atoms with Crippen molar-refractivity contribution in [1.82, 2.24) is 20.1 Å². The SMILES string of the molecule is Cn1c(CC(=O)Nc2cccc(C(F)(F)F)c2)nnc1SCC(=O)NC1CCCC1. The molecule has 1 aromatic carbocycles. The molecule has 2 N–H and O–H groups in total. The van der Waals surface area contributed by atoms with E-state index in [0.29, 0.717) is 11.0 Å². The van der Waals surface area contributed by atoms with Crippen LogP contribution < -0.4 is 10.6 Å². The number of carbonyl (C=O) groups is 2. The molecule has 30 heavy (non-hydrogen) atoms. The molecule has 0 bridgehead atoms. The average Bonchev–Trinajstić information content (AvgIpc) is 3.30. The van der Waals surface area contributed by atoms with Gasteiger partial charge in [0.2, 0.25) is 11.8 Å². The first-order valence-electron chi connectivity index (χ1n) is 9.50. The number of anilines is 1. The van der Waals surface area contributed by atoms with E-state index in [9.17, 15) is 22.8 Å². The minimum Gasteiger partial charge on any atom is -0.353 e. The number of nitrogens with zero attached hydrogens (tertiary/aromatic N) is 3. The van der Waals surface area contributed by atoms with Crippen molar-refractivity contribution in [3.63, 3.8) is 0 Å². The summed E-state index contributed by atoms with van der Waals surface area (Å²) < 4.78 is 40.0. The lowest BCUT2D eigenvalue weighted by Crippen LogP contribution is -2.33. The second kappa shape index (κ2) is 9.50. The van der Waals surface area contributed by atoms with Crippen LogP contribution in [-0.2, 0) is 29.2 Å². The Morgan fingerprint density at radius 2 is 1.93 bits per heavy atom. The summed E-state index contributed by atoms with van der Waals surface area (Å²) in [5.74, 6) is -0.0453. The first-order valence-corrected chi connectivity index (χ1v) is 10.5. The van der Waals surface area contributed by atoms with Gasteiger partial charge in [-0.15, -0.1) is 10.2 Å². The van der Waals surface area contributed by atoms with E-state index in [2.05, 4.69) is 20.8 Å². The number of benzene rings is 1. The normalized spacial score (nSPS) is 14.7. The molecule has 11 heteroatoms. The second-order valence-corrected chi connectivity index (χ2v) is 8.04. The number of rotatable bonds is 7. The van der Waals surface area contributed by atoms with E-state index in [1.165, 1.54) is 23.9 Å². The summed E-state index contributed by atoms with van der Waals surface area (Å²) >= 11 is 1.22. The molecule has 1 heterocycles. The van der Waals surface area contributed by atoms with Crippen LogP contribution >= 0.6 is 11.8 Å². The second-order valence-electron chi connectivity index (χ2n) is 7.10. The van der Waals surface area contributed by atoms with Gasteiger partial charge in [0, 0.05) is 18.8 Å². The van der Waals surface area contributed by atoms with E-state index in [-0.39, 0.29) is 29.8 Å². The van der Waals surface area contributed by atoms with Crippen LogP contribution in [0.25, 0.3) is 0 Å². The fourth-order valence-electron chi connectivity index (χ4n) is 3.22. The maximum absolute atomic E-state index is 12.8. The molecule has 3 rings (SSSR count). The first-order chi connectivity index (χ1) is 14.2. The van der Waals surface area contributed by atoms with Crippen LogP contribution in [0.3, 0.4) is 0 Å². The standard InChI is InChI=1S/C19H22F3N5O2S/c1-27-15(10-16(28)24-14-8-4-5-12(9-14)19(20,21)22)25-26-18(27)30-11-17(29)23-13-6-2-3-7-13/h4-5,8-9,13H,2-3,6-7,10-11H2,1H3,(H,23,29)(H,24,28). The molecule has 1 saturated carbocycles. The maximum Gasteiger partial charge on any atom is 0.416 e. The van der Waals surface area contributed by atoms with Crippen LogP contribution in [0.1, 0.15) is 37.1 Å². The van der Waals surface area contributed by atoms with E-state index >= 15 is 0 Å². The molecule has 0 atom stereocenters. The van der Waals surface area contributed by atoms with Gasteiger partial charge >= 0.3 is 6.18 Å². The number of hydrogen-bond donors (Lipinski definition) is 2. The molecule has 2 amide bonds. The monoisotopic (exact) mass is 441 g/mol. The Balaban J connectivity index is 1.53. The predicted molar refractivity (Wildman–Crippen MR) is 106 cm³/mol. The molecule has 2 aromatic rings. The predicted octanol–water partition coefficient (Wildman–Crippen LogP) is 3.17. The molecule has 1 aromatic heterocycles. The number of halogens is 3. The third-order valence-electron chi connectivity index (χ3n) is 4.77. The van der Waals surface area contributed by atoms with Crippen molar-refractivity contribution in [2.24, 2.45) is 7.05 Å². The summed E-state index contributed by atoms with van der Waals surface area (Å²) in [6.45, 7) is 0. The van der Waals surface area contributed by atoms with Crippen molar-refractivity contribution in [3.8, 4) is 0 Å². The maximum atomic E-state index is 12.8. The molecular formula is C19H22F3N5O2S. The summed E-state index contributed by atoms with van der Waals surface area (Å²) in [4.78, 5) is 24.3. The van der Waals surface area contributed by atoms with Crippen LogP contribution in [0.15, 0.2) is 29.4 Å². The topological polar surface area (TPSA) is 88.9 Å². The van der Waals surface area contributed by atoms with Gasteiger partial charge in [-0.05, 0) is 31.0 Å². The van der Waals surface area contributed by atoms with Crippen molar-refractivity contribution in [2.45, 2.75) is 49.5 Å². The molecule has 0 spiro atoms. The van der Waals surface area contributed by atoms with Crippen LogP contribution in [0.2, 0.25) is 0 Å². The third-order valence-corrected chi connectivity index (χ3v) is 5.79. The molecule has 162 valence electrons. The van der Waals surface area contributed by atoms with Gasteiger partial charge in [-0.2, -0.15) is 13.2 Å². The summed E-state index contributed by atoms with van der Waals surface area (Å²) in [7, 11) is 1.67. The molecule has 1 aliphatic carbocycles. The number of alkyl halides is 3. The van der Waals surface area contributed by atoms with E-state index < -0.39 is 17.6 Å². The van der Waals surface area contributed by atoms with Gasteiger partial charge < -0.3 is 15.2 Å². The molecule has 1 fully saturated rings. The summed E-state index contributed by atoms with van der Waals surface area (Å²) in [5.41, 5.74) is -0.788. The quantitative estimate of drug-likeness (QED) is 0.645. The van der Waals surface area contributed by atoms with Crippen molar-refractivity contribution in [3.05, 3.63) is 35.7 Å². The van der Waals surface area contributed by atoms with Crippen LogP contribution in [0.4, 0.5) is 18.9 Å². The van der Waals surface area contributed by atoms with Gasteiger partial charge in [-0.25, -0.2) is 0 Å². The zero-order valence-electron chi connectivity index (χ0n) is 16.3. The Labute approximate surface area is 175 Å². The average molecular weight is 441 g/mol. The van der Waals surface area contributed by atoms with Crippen LogP contribution in [-0.4, -0.2) is 38.4 Å². The number of amides is 2. The number of hydrogen-bond acceptors (Lipinski definition) is 5. The Morgan fingerprint density at radius 1 is 1.20 bits per heavy atom. The fraction of sp³-hybridized carbons (Fsp3) is 0.474. The van der Waals surface area contributed by atoms with E-state index in [4.69, 9.17) is 0 Å². The van der Waals surface area contributed by atoms with Gasteiger partial charge in [0.15, 0.2) is 5.16 Å². The molecule has 0 radical (unpaired) electrons. The highest BCUT2D eigenvalue weighted by atomic mass is 32.2. The van der Waals surface area contributed by atoms with Crippen molar-refractivity contribution < 1.29 is 22.8 Å². The Hall–Kier alpha value is -2.56. The van der Waals surface area contributed by atoms with Crippen LogP contribution in [0, 0.1) is 0 Å². The van der Waals surface area contributed by atoms with Crippen molar-refractivity contribution in [2.75, 3.05) is 11.1 Å². The Morgan fingerprint density at radius 3 is 2.63 bits per heavy atom. The highest BCUT2D eigenvalue weighted by Crippen LogP contribution is 2.30. The number of carbonyl (C=O) groups excluding carboxylic acids is 2. The summed E-state index contributed by atoms with van der Waals surface area (Å²) in [6.07, 6.45) is -0.368. The highest BCUT2D eigenvalue weighted by molar-refractivity contribution is 7.99. The number of aromatic nitrogens is 3. The molecule has 1 aliphatic rings. The smallest absolute Gasteiger partial charge is 0.353 e. The lowest BCUT2D eigenvalue weighted by Gasteiger charge is -2.11. The summed E-state index contributed by atoms with van der Waals surface area (Å²) in [5, 5.41) is 13.9. The molecule has 0 saturated heterocycles. The van der Waals surface area contributed by atoms with E-state index in [1.54, 1.807) is 11.6 Å². The first kappa shape index (κ1) is 22.1. The molecule has 7 nitrogen and oxygen atoms in total.